The van der Waals surface area contributed by atoms with Crippen LogP contribution in [0.1, 0.15) is 18.4 Å². The van der Waals surface area contributed by atoms with E-state index in [9.17, 15) is 22.8 Å². The minimum absolute atomic E-state index is 0.000326. The maximum absolute atomic E-state index is 12.6. The van der Waals surface area contributed by atoms with Crippen molar-refractivity contribution < 1.29 is 22.8 Å². The number of benzene rings is 1. The zero-order valence-corrected chi connectivity index (χ0v) is 15.5. The summed E-state index contributed by atoms with van der Waals surface area (Å²) in [6.45, 7) is 2.21. The van der Waals surface area contributed by atoms with E-state index in [0.29, 0.717) is 38.2 Å². The van der Waals surface area contributed by atoms with E-state index in [0.717, 1.165) is 18.7 Å². The molecule has 0 spiro atoms. The Hall–Kier alpha value is -2.29. The van der Waals surface area contributed by atoms with E-state index in [4.69, 9.17) is 0 Å². The zero-order chi connectivity index (χ0) is 20.0. The Labute approximate surface area is 156 Å². The van der Waals surface area contributed by atoms with Crippen molar-refractivity contribution in [1.29, 1.82) is 0 Å². The molecule has 27 heavy (non-hydrogen) atoms. The topological polar surface area (TPSA) is 64.7 Å². The van der Waals surface area contributed by atoms with E-state index in [1.165, 1.54) is 12.1 Å². The number of halogens is 3. The highest BCUT2D eigenvalue weighted by molar-refractivity contribution is 5.89. The van der Waals surface area contributed by atoms with Crippen molar-refractivity contribution in [3.05, 3.63) is 29.8 Å². The molecule has 1 aliphatic heterocycles. The maximum atomic E-state index is 12.6. The second-order valence-electron chi connectivity index (χ2n) is 6.86. The van der Waals surface area contributed by atoms with Gasteiger partial charge in [-0.15, -0.1) is 0 Å². The van der Waals surface area contributed by atoms with Gasteiger partial charge in [-0.1, -0.05) is 0 Å². The number of hydrogen-bond donors (Lipinski definition) is 2. The fourth-order valence-corrected chi connectivity index (χ4v) is 2.84. The van der Waals surface area contributed by atoms with Crippen molar-refractivity contribution in [1.82, 2.24) is 15.1 Å². The van der Waals surface area contributed by atoms with E-state index in [-0.39, 0.29) is 17.9 Å². The van der Waals surface area contributed by atoms with Crippen molar-refractivity contribution in [3.63, 3.8) is 0 Å². The van der Waals surface area contributed by atoms with E-state index in [1.54, 1.807) is 4.90 Å². The molecule has 6 nitrogen and oxygen atoms in total. The van der Waals surface area contributed by atoms with Crippen LogP contribution in [0.4, 0.5) is 23.7 Å². The Morgan fingerprint density at radius 3 is 2.26 bits per heavy atom. The monoisotopic (exact) mass is 386 g/mol. The predicted molar refractivity (Wildman–Crippen MR) is 96.3 cm³/mol. The van der Waals surface area contributed by atoms with Gasteiger partial charge >= 0.3 is 12.2 Å². The van der Waals surface area contributed by atoms with Gasteiger partial charge in [-0.2, -0.15) is 13.2 Å². The third kappa shape index (κ3) is 6.42. The highest BCUT2D eigenvalue weighted by Crippen LogP contribution is 2.30. The Bertz CT molecular complexity index is 639. The number of carbonyl (C=O) groups is 2. The third-order valence-corrected chi connectivity index (χ3v) is 4.47. The van der Waals surface area contributed by atoms with Crippen molar-refractivity contribution in [3.8, 4) is 0 Å². The number of nitrogens with zero attached hydrogens (tertiary/aromatic N) is 2. The quantitative estimate of drug-likeness (QED) is 0.818. The number of likely N-dealkylation sites (N-methyl/N-ethyl adjacent to an activating group) is 1. The average molecular weight is 386 g/mol. The molecule has 2 N–H and O–H groups in total. The smallest absolute Gasteiger partial charge is 0.355 e. The number of urea groups is 1. The molecule has 3 amide bonds. The molecule has 150 valence electrons. The minimum atomic E-state index is -4.41. The fourth-order valence-electron chi connectivity index (χ4n) is 2.84. The van der Waals surface area contributed by atoms with Crippen molar-refractivity contribution >= 4 is 17.6 Å². The number of carbonyl (C=O) groups excluding carboxylic acids is 2. The Morgan fingerprint density at radius 1 is 1.15 bits per heavy atom. The lowest BCUT2D eigenvalue weighted by Crippen LogP contribution is -2.45. The SMILES string of the molecule is CN(C)CCNC(=O)C1CCN(C(=O)Nc2ccc(C(F)(F)F)cc2)CC1. The zero-order valence-electron chi connectivity index (χ0n) is 15.5. The molecule has 1 aliphatic rings. The number of alkyl halides is 3. The number of nitrogens with one attached hydrogen (secondary N) is 2. The average Bonchev–Trinajstić information content (AvgIpc) is 2.61. The van der Waals surface area contributed by atoms with Gasteiger partial charge in [-0.05, 0) is 51.2 Å². The molecule has 0 saturated carbocycles. The second-order valence-corrected chi connectivity index (χ2v) is 6.86. The first-order valence-electron chi connectivity index (χ1n) is 8.82. The molecule has 1 fully saturated rings. The van der Waals surface area contributed by atoms with Crippen LogP contribution in [0.15, 0.2) is 24.3 Å². The third-order valence-electron chi connectivity index (χ3n) is 4.47. The molecule has 9 heteroatoms. The van der Waals surface area contributed by atoms with Gasteiger partial charge in [0.15, 0.2) is 0 Å². The van der Waals surface area contributed by atoms with Gasteiger partial charge in [-0.3, -0.25) is 4.79 Å². The van der Waals surface area contributed by atoms with Gasteiger partial charge in [0, 0.05) is 37.8 Å². The summed E-state index contributed by atoms with van der Waals surface area (Å²) >= 11 is 0. The second kappa shape index (κ2) is 9.07. The summed E-state index contributed by atoms with van der Waals surface area (Å²) in [6.07, 6.45) is -3.28. The predicted octanol–water partition coefficient (Wildman–Crippen LogP) is 2.63. The van der Waals surface area contributed by atoms with Crippen LogP contribution in [-0.2, 0) is 11.0 Å². The summed E-state index contributed by atoms with van der Waals surface area (Å²) in [4.78, 5) is 27.9. The van der Waals surface area contributed by atoms with Crippen LogP contribution in [0.25, 0.3) is 0 Å². The van der Waals surface area contributed by atoms with Crippen molar-refractivity contribution in [2.45, 2.75) is 19.0 Å². The molecule has 1 aromatic carbocycles. The summed E-state index contributed by atoms with van der Waals surface area (Å²) < 4.78 is 37.7. The number of likely N-dealkylation sites (tertiary alicyclic amines) is 1. The molecule has 1 aromatic rings. The lowest BCUT2D eigenvalue weighted by molar-refractivity contribution is -0.137. The van der Waals surface area contributed by atoms with Crippen molar-refractivity contribution in [2.75, 3.05) is 45.6 Å². The van der Waals surface area contributed by atoms with E-state index in [2.05, 4.69) is 10.6 Å². The van der Waals surface area contributed by atoms with Gasteiger partial charge in [0.25, 0.3) is 0 Å². The van der Waals surface area contributed by atoms with Gasteiger partial charge in [0.2, 0.25) is 5.91 Å². The van der Waals surface area contributed by atoms with Gasteiger partial charge in [0.05, 0.1) is 5.56 Å². The standard InChI is InChI=1S/C18H25F3N4O2/c1-24(2)12-9-22-16(26)13-7-10-25(11-8-13)17(27)23-15-5-3-14(4-6-15)18(19,20)21/h3-6,13H,7-12H2,1-2H3,(H,22,26)(H,23,27). The van der Waals surface area contributed by atoms with Crippen LogP contribution in [-0.4, -0.2) is 62.0 Å². The molecule has 1 saturated heterocycles. The summed E-state index contributed by atoms with van der Waals surface area (Å²) in [6, 6.07) is 3.94. The minimum Gasteiger partial charge on any atom is -0.355 e. The normalized spacial score (nSPS) is 15.7. The summed E-state index contributed by atoms with van der Waals surface area (Å²) in [5.74, 6) is -0.123. The molecular weight excluding hydrogens is 361 g/mol. The fraction of sp³-hybridized carbons (Fsp3) is 0.556. The molecule has 0 unspecified atom stereocenters. The van der Waals surface area contributed by atoms with E-state index in [1.807, 2.05) is 19.0 Å². The van der Waals surface area contributed by atoms with E-state index >= 15 is 0 Å². The molecule has 2 rings (SSSR count). The van der Waals surface area contributed by atoms with E-state index < -0.39 is 11.7 Å². The maximum Gasteiger partial charge on any atom is 0.416 e. The van der Waals surface area contributed by atoms with Crippen molar-refractivity contribution in [2.24, 2.45) is 5.92 Å². The molecule has 1 heterocycles. The molecular formula is C18H25F3N4O2. The number of amides is 3. The number of piperidine rings is 1. The lowest BCUT2D eigenvalue weighted by Gasteiger charge is -2.31. The molecule has 0 aliphatic carbocycles. The van der Waals surface area contributed by atoms with Gasteiger partial charge in [-0.25, -0.2) is 4.79 Å². The summed E-state index contributed by atoms with van der Waals surface area (Å²) in [5, 5.41) is 5.49. The first kappa shape index (κ1) is 21.0. The van der Waals surface area contributed by atoms with Crippen LogP contribution in [0, 0.1) is 5.92 Å². The van der Waals surface area contributed by atoms with Crippen LogP contribution < -0.4 is 10.6 Å². The molecule has 0 aromatic heterocycles. The highest BCUT2D eigenvalue weighted by atomic mass is 19.4. The van der Waals surface area contributed by atoms with Gasteiger partial charge in [0.1, 0.15) is 0 Å². The molecule has 0 atom stereocenters. The Balaban J connectivity index is 1.78. The lowest BCUT2D eigenvalue weighted by atomic mass is 9.96. The number of anilines is 1. The molecule has 0 bridgehead atoms. The Morgan fingerprint density at radius 2 is 1.74 bits per heavy atom. The van der Waals surface area contributed by atoms with Crippen LogP contribution in [0.3, 0.4) is 0 Å². The largest absolute Gasteiger partial charge is 0.416 e. The summed E-state index contributed by atoms with van der Waals surface area (Å²) in [7, 11) is 3.86. The number of rotatable bonds is 5. The Kier molecular flexibility index (Phi) is 7.06. The first-order valence-corrected chi connectivity index (χ1v) is 8.82. The number of hydrogen-bond acceptors (Lipinski definition) is 3. The first-order chi connectivity index (χ1) is 12.7. The highest BCUT2D eigenvalue weighted by Gasteiger charge is 2.30. The van der Waals surface area contributed by atoms with Crippen LogP contribution in [0.5, 0.6) is 0 Å². The molecule has 0 radical (unpaired) electrons. The van der Waals surface area contributed by atoms with Gasteiger partial charge < -0.3 is 20.4 Å². The van der Waals surface area contributed by atoms with Crippen LogP contribution in [0.2, 0.25) is 0 Å². The summed E-state index contributed by atoms with van der Waals surface area (Å²) in [5.41, 5.74) is -0.460. The van der Waals surface area contributed by atoms with Crippen LogP contribution >= 0.6 is 0 Å².